The molecule has 4 aromatic rings. The van der Waals surface area contributed by atoms with Crippen LogP contribution in [0.5, 0.6) is 0 Å². The Hall–Kier alpha value is -4.72. The van der Waals surface area contributed by atoms with Crippen LogP contribution in [-0.2, 0) is 4.79 Å². The Morgan fingerprint density at radius 2 is 1.48 bits per heavy atom. The molecule has 0 aliphatic heterocycles. The number of nitrogens with two attached hydrogens (primary N) is 1. The second-order valence-electron chi connectivity index (χ2n) is 7.25. The van der Waals surface area contributed by atoms with Crippen molar-refractivity contribution in [3.05, 3.63) is 96.2 Å². The number of para-hydroxylation sites is 1. The maximum Gasteiger partial charge on any atom is 0.229 e. The van der Waals surface area contributed by atoms with Crippen LogP contribution in [0.25, 0.3) is 0 Å². The van der Waals surface area contributed by atoms with Gasteiger partial charge in [0.05, 0.1) is 17.6 Å². The molecule has 3 aromatic carbocycles. The Morgan fingerprint density at radius 3 is 2.21 bits per heavy atom. The van der Waals surface area contributed by atoms with Gasteiger partial charge < -0.3 is 21.7 Å². The van der Waals surface area contributed by atoms with Crippen LogP contribution < -0.4 is 21.7 Å². The number of hydrogen-bond acceptors (Lipinski definition) is 7. The van der Waals surface area contributed by atoms with Gasteiger partial charge in [-0.3, -0.25) is 9.59 Å². The summed E-state index contributed by atoms with van der Waals surface area (Å²) in [5.41, 5.74) is 9.53. The summed E-state index contributed by atoms with van der Waals surface area (Å²) in [6, 6.07) is 23.4. The minimum Gasteiger partial charge on any atom is -0.394 e. The van der Waals surface area contributed by atoms with Crippen LogP contribution >= 0.6 is 0 Å². The molecule has 0 aliphatic rings. The average molecular weight is 438 g/mol. The van der Waals surface area contributed by atoms with Gasteiger partial charge in [0.2, 0.25) is 11.9 Å². The highest BCUT2D eigenvalue weighted by atomic mass is 16.1. The van der Waals surface area contributed by atoms with E-state index in [0.29, 0.717) is 40.0 Å². The molecule has 33 heavy (non-hydrogen) atoms. The molecule has 8 heteroatoms. The van der Waals surface area contributed by atoms with Gasteiger partial charge in [-0.2, -0.15) is 4.98 Å². The summed E-state index contributed by atoms with van der Waals surface area (Å²) < 4.78 is 0. The van der Waals surface area contributed by atoms with Crippen molar-refractivity contribution in [2.75, 3.05) is 21.7 Å². The lowest BCUT2D eigenvalue weighted by Gasteiger charge is -2.14. The topological polar surface area (TPSA) is 122 Å². The molecule has 0 unspecified atom stereocenters. The molecule has 8 nitrogen and oxygen atoms in total. The van der Waals surface area contributed by atoms with E-state index in [1.807, 2.05) is 30.3 Å². The standard InChI is InChI=1S/C25H22N6O2/c1-16(32)28-18-11-13-19(14-12-18)29-25-27-15-21(26)24(31-25)30-22-10-6-5-9-20(22)23(33)17-7-3-2-4-8-17/h2-15H,26H2,1H3,(H,28,32)(H2,27,29,30,31). The van der Waals surface area contributed by atoms with Gasteiger partial charge in [-0.05, 0) is 36.4 Å². The molecule has 0 atom stereocenters. The maximum absolute atomic E-state index is 13.0. The molecule has 0 radical (unpaired) electrons. The number of amides is 1. The van der Waals surface area contributed by atoms with Gasteiger partial charge in [0.15, 0.2) is 11.6 Å². The Kier molecular flexibility index (Phi) is 6.26. The third-order valence-electron chi connectivity index (χ3n) is 4.74. The van der Waals surface area contributed by atoms with Crippen molar-refractivity contribution in [1.82, 2.24) is 9.97 Å². The van der Waals surface area contributed by atoms with Crippen molar-refractivity contribution >= 4 is 46.2 Å². The summed E-state index contributed by atoms with van der Waals surface area (Å²) in [6.45, 7) is 1.45. The lowest BCUT2D eigenvalue weighted by atomic mass is 10.0. The molecule has 1 aromatic heterocycles. The van der Waals surface area contributed by atoms with Gasteiger partial charge in [0.1, 0.15) is 0 Å². The predicted octanol–water partition coefficient (Wildman–Crippen LogP) is 4.74. The monoisotopic (exact) mass is 438 g/mol. The smallest absolute Gasteiger partial charge is 0.229 e. The SMILES string of the molecule is CC(=O)Nc1ccc(Nc2ncc(N)c(Nc3ccccc3C(=O)c3ccccc3)n2)cc1. The predicted molar refractivity (Wildman–Crippen MR) is 130 cm³/mol. The lowest BCUT2D eigenvalue weighted by molar-refractivity contribution is -0.114. The first-order valence-electron chi connectivity index (χ1n) is 10.2. The number of hydrogen-bond donors (Lipinski definition) is 4. The van der Waals surface area contributed by atoms with Crippen LogP contribution in [0, 0.1) is 0 Å². The van der Waals surface area contributed by atoms with E-state index in [1.54, 1.807) is 48.5 Å². The van der Waals surface area contributed by atoms with E-state index in [9.17, 15) is 9.59 Å². The molecular formula is C25H22N6O2. The molecule has 164 valence electrons. The van der Waals surface area contributed by atoms with Gasteiger partial charge >= 0.3 is 0 Å². The molecular weight excluding hydrogens is 416 g/mol. The number of ketones is 1. The Bertz CT molecular complexity index is 1290. The van der Waals surface area contributed by atoms with Crippen molar-refractivity contribution in [3.63, 3.8) is 0 Å². The Balaban J connectivity index is 1.56. The van der Waals surface area contributed by atoms with Crippen LogP contribution in [-0.4, -0.2) is 21.7 Å². The molecule has 0 saturated carbocycles. The molecule has 0 aliphatic carbocycles. The quantitative estimate of drug-likeness (QED) is 0.308. The molecule has 0 bridgehead atoms. The third kappa shape index (κ3) is 5.31. The van der Waals surface area contributed by atoms with Gasteiger partial charge in [-0.1, -0.05) is 42.5 Å². The second-order valence-corrected chi connectivity index (χ2v) is 7.25. The molecule has 0 saturated heterocycles. The fraction of sp³-hybridized carbons (Fsp3) is 0.0400. The summed E-state index contributed by atoms with van der Waals surface area (Å²) in [6.07, 6.45) is 1.49. The third-order valence-corrected chi connectivity index (χ3v) is 4.74. The number of aromatic nitrogens is 2. The minimum atomic E-state index is -0.140. The molecule has 1 amide bonds. The number of anilines is 6. The number of carbonyl (C=O) groups excluding carboxylic acids is 2. The van der Waals surface area contributed by atoms with E-state index in [-0.39, 0.29) is 11.7 Å². The number of rotatable bonds is 7. The summed E-state index contributed by atoms with van der Waals surface area (Å²) in [4.78, 5) is 32.9. The van der Waals surface area contributed by atoms with Crippen molar-refractivity contribution < 1.29 is 9.59 Å². The Labute approximate surface area is 190 Å². The zero-order valence-corrected chi connectivity index (χ0v) is 17.9. The van der Waals surface area contributed by atoms with Gasteiger partial charge in [-0.25, -0.2) is 4.98 Å². The molecule has 5 N–H and O–H groups in total. The van der Waals surface area contributed by atoms with Crippen molar-refractivity contribution in [2.45, 2.75) is 6.92 Å². The van der Waals surface area contributed by atoms with E-state index < -0.39 is 0 Å². The van der Waals surface area contributed by atoms with Crippen LogP contribution in [0.1, 0.15) is 22.8 Å². The van der Waals surface area contributed by atoms with Crippen molar-refractivity contribution in [3.8, 4) is 0 Å². The summed E-state index contributed by atoms with van der Waals surface area (Å²) in [7, 11) is 0. The largest absolute Gasteiger partial charge is 0.394 e. The van der Waals surface area contributed by atoms with E-state index in [1.165, 1.54) is 13.1 Å². The van der Waals surface area contributed by atoms with Gasteiger partial charge in [0.25, 0.3) is 0 Å². The second kappa shape index (κ2) is 9.61. The highest BCUT2D eigenvalue weighted by molar-refractivity contribution is 6.12. The highest BCUT2D eigenvalue weighted by Gasteiger charge is 2.15. The van der Waals surface area contributed by atoms with Crippen molar-refractivity contribution in [2.24, 2.45) is 0 Å². The number of nitrogens with zero attached hydrogens (tertiary/aromatic N) is 2. The van der Waals surface area contributed by atoms with Gasteiger partial charge in [0, 0.05) is 29.4 Å². The Morgan fingerprint density at radius 1 is 0.818 bits per heavy atom. The molecule has 0 fully saturated rings. The number of carbonyl (C=O) groups is 2. The normalized spacial score (nSPS) is 10.3. The van der Waals surface area contributed by atoms with Crippen molar-refractivity contribution in [1.29, 1.82) is 0 Å². The van der Waals surface area contributed by atoms with Crippen LogP contribution in [0.3, 0.4) is 0 Å². The fourth-order valence-electron chi connectivity index (χ4n) is 3.18. The average Bonchev–Trinajstić information content (AvgIpc) is 2.82. The first kappa shape index (κ1) is 21.5. The van der Waals surface area contributed by atoms with E-state index >= 15 is 0 Å². The first-order chi connectivity index (χ1) is 16.0. The van der Waals surface area contributed by atoms with Crippen LogP contribution in [0.2, 0.25) is 0 Å². The van der Waals surface area contributed by atoms with Crippen LogP contribution in [0.15, 0.2) is 85.1 Å². The zero-order valence-electron chi connectivity index (χ0n) is 17.9. The van der Waals surface area contributed by atoms with E-state index in [2.05, 4.69) is 25.9 Å². The summed E-state index contributed by atoms with van der Waals surface area (Å²) in [5, 5.41) is 8.98. The summed E-state index contributed by atoms with van der Waals surface area (Å²) >= 11 is 0. The zero-order chi connectivity index (χ0) is 23.2. The number of nitrogen functional groups attached to an aromatic ring is 1. The van der Waals surface area contributed by atoms with Gasteiger partial charge in [-0.15, -0.1) is 0 Å². The summed E-state index contributed by atoms with van der Waals surface area (Å²) in [5.74, 6) is 0.449. The van der Waals surface area contributed by atoms with E-state index in [4.69, 9.17) is 5.73 Å². The highest BCUT2D eigenvalue weighted by Crippen LogP contribution is 2.27. The van der Waals surface area contributed by atoms with Crippen LogP contribution in [0.4, 0.5) is 34.5 Å². The number of nitrogens with one attached hydrogen (secondary N) is 3. The molecule has 1 heterocycles. The lowest BCUT2D eigenvalue weighted by Crippen LogP contribution is -2.08. The fourth-order valence-corrected chi connectivity index (χ4v) is 3.18. The number of benzene rings is 3. The maximum atomic E-state index is 13.0. The molecule has 0 spiro atoms. The molecule has 4 rings (SSSR count). The first-order valence-corrected chi connectivity index (χ1v) is 10.2. The van der Waals surface area contributed by atoms with E-state index in [0.717, 1.165) is 5.69 Å². The minimum absolute atomic E-state index is 0.107.